The predicted octanol–water partition coefficient (Wildman–Crippen LogP) is 5.51. The van der Waals surface area contributed by atoms with Crippen LogP contribution in [-0.4, -0.2) is 12.5 Å². The van der Waals surface area contributed by atoms with Gasteiger partial charge in [-0.3, -0.25) is 4.79 Å². The number of benzene rings is 2. The molecule has 0 saturated heterocycles. The van der Waals surface area contributed by atoms with Gasteiger partial charge in [0.2, 0.25) is 0 Å². The van der Waals surface area contributed by atoms with Crippen molar-refractivity contribution in [1.82, 2.24) is 0 Å². The number of carbonyl (C=O) groups is 1. The van der Waals surface area contributed by atoms with Gasteiger partial charge in [0.1, 0.15) is 11.5 Å². The fourth-order valence-electron chi connectivity index (χ4n) is 2.46. The van der Waals surface area contributed by atoms with Crippen molar-refractivity contribution in [2.45, 2.75) is 13.5 Å². The number of nitrogens with zero attached hydrogens (tertiary/aromatic N) is 1. The lowest BCUT2D eigenvalue weighted by Gasteiger charge is -2.22. The Labute approximate surface area is 161 Å². The van der Waals surface area contributed by atoms with Crippen LogP contribution in [0, 0.1) is 6.92 Å². The molecule has 0 bridgehead atoms. The van der Waals surface area contributed by atoms with E-state index in [-0.39, 0.29) is 19.1 Å². The zero-order valence-electron chi connectivity index (χ0n) is 14.1. The minimum absolute atomic E-state index is 0.117. The summed E-state index contributed by atoms with van der Waals surface area (Å²) in [5, 5.41) is 1.20. The van der Waals surface area contributed by atoms with Gasteiger partial charge >= 0.3 is 0 Å². The molecule has 3 rings (SSSR count). The van der Waals surface area contributed by atoms with Gasteiger partial charge in [-0.1, -0.05) is 29.3 Å². The molecule has 4 nitrogen and oxygen atoms in total. The van der Waals surface area contributed by atoms with Gasteiger partial charge in [-0.2, -0.15) is 0 Å². The minimum Gasteiger partial charge on any atom is -0.484 e. The minimum atomic E-state index is -0.212. The Hall–Kier alpha value is -2.43. The second-order valence-corrected chi connectivity index (χ2v) is 6.58. The molecule has 0 unspecified atom stereocenters. The van der Waals surface area contributed by atoms with Crippen LogP contribution in [0.2, 0.25) is 10.0 Å². The Morgan fingerprint density at radius 2 is 1.96 bits per heavy atom. The van der Waals surface area contributed by atoms with E-state index in [9.17, 15) is 4.79 Å². The van der Waals surface area contributed by atoms with E-state index >= 15 is 0 Å². The van der Waals surface area contributed by atoms with Crippen molar-refractivity contribution in [2.75, 3.05) is 11.5 Å². The Kier molecular flexibility index (Phi) is 5.86. The molecule has 0 aliphatic rings. The summed E-state index contributed by atoms with van der Waals surface area (Å²) in [6.07, 6.45) is 1.57. The van der Waals surface area contributed by atoms with E-state index in [0.717, 1.165) is 5.56 Å². The number of furan rings is 1. The number of amides is 1. The highest BCUT2D eigenvalue weighted by Crippen LogP contribution is 2.24. The first kappa shape index (κ1) is 18.4. The molecule has 2 aromatic carbocycles. The van der Waals surface area contributed by atoms with Crippen molar-refractivity contribution >= 4 is 34.8 Å². The van der Waals surface area contributed by atoms with E-state index in [0.29, 0.717) is 27.2 Å². The van der Waals surface area contributed by atoms with Crippen LogP contribution in [0.15, 0.2) is 65.3 Å². The van der Waals surface area contributed by atoms with Gasteiger partial charge in [0.05, 0.1) is 12.8 Å². The van der Waals surface area contributed by atoms with Crippen LogP contribution < -0.4 is 9.64 Å². The number of hydrogen-bond donors (Lipinski definition) is 0. The van der Waals surface area contributed by atoms with Gasteiger partial charge in [0.15, 0.2) is 6.61 Å². The molecule has 1 amide bonds. The van der Waals surface area contributed by atoms with Gasteiger partial charge in [-0.25, -0.2) is 0 Å². The molecule has 1 aromatic heterocycles. The van der Waals surface area contributed by atoms with E-state index in [1.54, 1.807) is 53.6 Å². The normalized spacial score (nSPS) is 10.6. The van der Waals surface area contributed by atoms with Crippen molar-refractivity contribution in [1.29, 1.82) is 0 Å². The Morgan fingerprint density at radius 1 is 1.12 bits per heavy atom. The molecule has 134 valence electrons. The number of carbonyl (C=O) groups excluding carboxylic acids is 1. The van der Waals surface area contributed by atoms with E-state index in [1.165, 1.54) is 0 Å². The van der Waals surface area contributed by atoms with Gasteiger partial charge in [0, 0.05) is 15.7 Å². The molecule has 3 aromatic rings. The molecule has 0 atom stereocenters. The summed E-state index contributed by atoms with van der Waals surface area (Å²) in [5.41, 5.74) is 1.56. The van der Waals surface area contributed by atoms with E-state index in [4.69, 9.17) is 32.4 Å². The van der Waals surface area contributed by atoms with Crippen LogP contribution in [0.3, 0.4) is 0 Å². The smallest absolute Gasteiger partial charge is 0.265 e. The number of ether oxygens (including phenoxy) is 1. The molecule has 0 spiro atoms. The standard InChI is InChI=1S/C20H17Cl2NO3/c1-14-10-17(7-8-19(14)22)26-13-20(24)23(12-18-6-3-9-25-18)16-5-2-4-15(21)11-16/h2-11H,12-13H2,1H3. The van der Waals surface area contributed by atoms with Gasteiger partial charge < -0.3 is 14.1 Å². The van der Waals surface area contributed by atoms with Crippen molar-refractivity contribution in [2.24, 2.45) is 0 Å². The van der Waals surface area contributed by atoms with Crippen LogP contribution in [0.25, 0.3) is 0 Å². The zero-order chi connectivity index (χ0) is 18.5. The first-order chi connectivity index (χ1) is 12.5. The largest absolute Gasteiger partial charge is 0.484 e. The number of anilines is 1. The molecule has 0 radical (unpaired) electrons. The summed E-state index contributed by atoms with van der Waals surface area (Å²) in [7, 11) is 0. The average molecular weight is 390 g/mol. The maximum Gasteiger partial charge on any atom is 0.265 e. The summed E-state index contributed by atoms with van der Waals surface area (Å²) < 4.78 is 11.0. The summed E-state index contributed by atoms with van der Waals surface area (Å²) in [5.74, 6) is 1.04. The van der Waals surface area contributed by atoms with Crippen LogP contribution in [0.5, 0.6) is 5.75 Å². The fraction of sp³-hybridized carbons (Fsp3) is 0.150. The van der Waals surface area contributed by atoms with Crippen molar-refractivity contribution < 1.29 is 13.9 Å². The summed E-state index contributed by atoms with van der Waals surface area (Å²) in [6, 6.07) is 16.0. The first-order valence-electron chi connectivity index (χ1n) is 8.00. The van der Waals surface area contributed by atoms with Crippen LogP contribution in [-0.2, 0) is 11.3 Å². The molecule has 6 heteroatoms. The number of halogens is 2. The summed E-state index contributed by atoms with van der Waals surface area (Å²) >= 11 is 12.1. The highest BCUT2D eigenvalue weighted by Gasteiger charge is 2.18. The quantitative estimate of drug-likeness (QED) is 0.558. The van der Waals surface area contributed by atoms with Crippen molar-refractivity contribution in [3.8, 4) is 5.75 Å². The van der Waals surface area contributed by atoms with Crippen LogP contribution in [0.1, 0.15) is 11.3 Å². The third-order valence-electron chi connectivity index (χ3n) is 3.81. The van der Waals surface area contributed by atoms with E-state index in [1.807, 2.05) is 19.1 Å². The third-order valence-corrected chi connectivity index (χ3v) is 4.47. The molecule has 0 N–H and O–H groups in total. The molecule has 0 aliphatic heterocycles. The van der Waals surface area contributed by atoms with E-state index in [2.05, 4.69) is 0 Å². The highest BCUT2D eigenvalue weighted by atomic mass is 35.5. The lowest BCUT2D eigenvalue weighted by Crippen LogP contribution is -2.34. The second kappa shape index (κ2) is 8.30. The lowest BCUT2D eigenvalue weighted by atomic mass is 10.2. The topological polar surface area (TPSA) is 42.7 Å². The Bertz CT molecular complexity index is 894. The molecule has 1 heterocycles. The molecule has 0 fully saturated rings. The number of rotatable bonds is 6. The fourth-order valence-corrected chi connectivity index (χ4v) is 2.76. The van der Waals surface area contributed by atoms with Gasteiger partial charge in [-0.15, -0.1) is 0 Å². The second-order valence-electron chi connectivity index (χ2n) is 5.74. The van der Waals surface area contributed by atoms with Crippen molar-refractivity contribution in [3.63, 3.8) is 0 Å². The SMILES string of the molecule is Cc1cc(OCC(=O)N(Cc2ccco2)c2cccc(Cl)c2)ccc1Cl. The summed E-state index contributed by atoms with van der Waals surface area (Å²) in [6.45, 7) is 2.05. The Balaban J connectivity index is 1.76. The van der Waals surface area contributed by atoms with Crippen LogP contribution in [0.4, 0.5) is 5.69 Å². The predicted molar refractivity (Wildman–Crippen MR) is 103 cm³/mol. The molecule has 0 saturated carbocycles. The number of aryl methyl sites for hydroxylation is 1. The van der Waals surface area contributed by atoms with Crippen molar-refractivity contribution in [3.05, 3.63) is 82.2 Å². The average Bonchev–Trinajstić information content (AvgIpc) is 3.13. The monoisotopic (exact) mass is 389 g/mol. The highest BCUT2D eigenvalue weighted by molar-refractivity contribution is 6.31. The molecule has 0 aliphatic carbocycles. The maximum atomic E-state index is 12.8. The van der Waals surface area contributed by atoms with Gasteiger partial charge in [-0.05, 0) is 61.0 Å². The van der Waals surface area contributed by atoms with Gasteiger partial charge in [0.25, 0.3) is 5.91 Å². The lowest BCUT2D eigenvalue weighted by molar-refractivity contribution is -0.120. The maximum absolute atomic E-state index is 12.8. The van der Waals surface area contributed by atoms with E-state index < -0.39 is 0 Å². The molecule has 26 heavy (non-hydrogen) atoms. The zero-order valence-corrected chi connectivity index (χ0v) is 15.6. The Morgan fingerprint density at radius 3 is 2.65 bits per heavy atom. The first-order valence-corrected chi connectivity index (χ1v) is 8.76. The summed E-state index contributed by atoms with van der Waals surface area (Å²) in [4.78, 5) is 14.4. The van der Waals surface area contributed by atoms with Crippen LogP contribution >= 0.6 is 23.2 Å². The molecular formula is C20H17Cl2NO3. The number of hydrogen-bond acceptors (Lipinski definition) is 3. The third kappa shape index (κ3) is 4.59. The molecular weight excluding hydrogens is 373 g/mol.